The monoisotopic (exact) mass is 308 g/mol. The van der Waals surface area contributed by atoms with E-state index >= 15 is 0 Å². The van der Waals surface area contributed by atoms with Crippen LogP contribution in [0.3, 0.4) is 0 Å². The number of hydrogen-bond donors (Lipinski definition) is 1. The zero-order valence-electron chi connectivity index (χ0n) is 12.0. The molecule has 0 aliphatic heterocycles. The van der Waals surface area contributed by atoms with Crippen molar-refractivity contribution in [1.82, 2.24) is 4.57 Å². The standard InChI is InChI=1S/C14H16N2O4S/c1-4-16-7-11(14(18)19)12(17)10-5-9(21-13(10)16)6-15-20-8(2)3/h5-8H,4H2,1-3H3,(H,18,19)/b15-6+. The summed E-state index contributed by atoms with van der Waals surface area (Å²) in [5.74, 6) is -1.21. The summed E-state index contributed by atoms with van der Waals surface area (Å²) in [6.45, 7) is 6.20. The van der Waals surface area contributed by atoms with Gasteiger partial charge in [-0.2, -0.15) is 0 Å². The summed E-state index contributed by atoms with van der Waals surface area (Å²) in [4.78, 5) is 29.9. The molecule has 0 radical (unpaired) electrons. The van der Waals surface area contributed by atoms with E-state index in [2.05, 4.69) is 5.16 Å². The Bertz CT molecular complexity index is 758. The number of aromatic carboxylic acids is 1. The van der Waals surface area contributed by atoms with Crippen molar-refractivity contribution in [3.05, 3.63) is 32.9 Å². The topological polar surface area (TPSA) is 80.9 Å². The Labute approximate surface area is 125 Å². The van der Waals surface area contributed by atoms with Crippen LogP contribution in [0, 0.1) is 0 Å². The van der Waals surface area contributed by atoms with Gasteiger partial charge in [0.2, 0.25) is 5.43 Å². The van der Waals surface area contributed by atoms with Gasteiger partial charge >= 0.3 is 5.97 Å². The number of fused-ring (bicyclic) bond motifs is 1. The summed E-state index contributed by atoms with van der Waals surface area (Å²) in [6, 6.07) is 1.65. The average molecular weight is 308 g/mol. The Morgan fingerprint density at radius 3 is 2.86 bits per heavy atom. The van der Waals surface area contributed by atoms with Gasteiger partial charge in [0.25, 0.3) is 0 Å². The third kappa shape index (κ3) is 3.13. The molecule has 2 heterocycles. The molecule has 2 aromatic heterocycles. The highest BCUT2D eigenvalue weighted by Crippen LogP contribution is 2.23. The van der Waals surface area contributed by atoms with Crippen LogP contribution in [0.25, 0.3) is 10.2 Å². The first-order valence-electron chi connectivity index (χ1n) is 6.53. The number of carboxylic acid groups (broad SMARTS) is 1. The summed E-state index contributed by atoms with van der Waals surface area (Å²) >= 11 is 1.38. The molecule has 0 aliphatic carbocycles. The molecule has 1 N–H and O–H groups in total. The van der Waals surface area contributed by atoms with Crippen molar-refractivity contribution in [3.63, 3.8) is 0 Å². The van der Waals surface area contributed by atoms with Crippen molar-refractivity contribution < 1.29 is 14.7 Å². The lowest BCUT2D eigenvalue weighted by Crippen LogP contribution is -2.17. The Hall–Kier alpha value is -2.15. The summed E-state index contributed by atoms with van der Waals surface area (Å²) in [5, 5.41) is 13.3. The second kappa shape index (κ2) is 6.09. The van der Waals surface area contributed by atoms with E-state index in [1.807, 2.05) is 20.8 Å². The number of rotatable bonds is 5. The zero-order valence-corrected chi connectivity index (χ0v) is 12.8. The number of carbonyl (C=O) groups is 1. The lowest BCUT2D eigenvalue weighted by molar-refractivity contribution is 0.0694. The number of carboxylic acids is 1. The molecule has 0 fully saturated rings. The number of aromatic nitrogens is 1. The smallest absolute Gasteiger partial charge is 0.341 e. The minimum atomic E-state index is -1.21. The van der Waals surface area contributed by atoms with Crippen LogP contribution < -0.4 is 5.43 Å². The van der Waals surface area contributed by atoms with Gasteiger partial charge in [-0.25, -0.2) is 4.79 Å². The first-order valence-corrected chi connectivity index (χ1v) is 7.35. The second-order valence-corrected chi connectivity index (χ2v) is 5.78. The first kappa shape index (κ1) is 15.2. The van der Waals surface area contributed by atoms with Gasteiger partial charge in [0.15, 0.2) is 0 Å². The second-order valence-electron chi connectivity index (χ2n) is 4.72. The lowest BCUT2D eigenvalue weighted by atomic mass is 10.2. The zero-order chi connectivity index (χ0) is 15.6. The normalized spacial score (nSPS) is 11.6. The summed E-state index contributed by atoms with van der Waals surface area (Å²) in [6.07, 6.45) is 2.89. The maximum Gasteiger partial charge on any atom is 0.341 e. The molecular weight excluding hydrogens is 292 g/mol. The van der Waals surface area contributed by atoms with Crippen molar-refractivity contribution in [2.24, 2.45) is 5.16 Å². The van der Waals surface area contributed by atoms with E-state index in [4.69, 9.17) is 9.94 Å². The first-order chi connectivity index (χ1) is 9.93. The molecule has 0 bridgehead atoms. The molecular formula is C14H16N2O4S. The number of oxime groups is 1. The fourth-order valence-corrected chi connectivity index (χ4v) is 2.91. The number of pyridine rings is 1. The molecule has 2 aromatic rings. The van der Waals surface area contributed by atoms with Crippen LogP contribution in [0.1, 0.15) is 36.0 Å². The highest BCUT2D eigenvalue weighted by molar-refractivity contribution is 7.20. The third-order valence-corrected chi connectivity index (χ3v) is 3.90. The maximum atomic E-state index is 12.2. The number of hydrogen-bond acceptors (Lipinski definition) is 5. The third-order valence-electron chi connectivity index (χ3n) is 2.79. The molecule has 0 spiro atoms. The van der Waals surface area contributed by atoms with E-state index in [0.29, 0.717) is 11.9 Å². The van der Waals surface area contributed by atoms with Gasteiger partial charge in [-0.05, 0) is 26.8 Å². The fraction of sp³-hybridized carbons (Fsp3) is 0.357. The minimum absolute atomic E-state index is 0.0233. The van der Waals surface area contributed by atoms with E-state index < -0.39 is 11.4 Å². The maximum absolute atomic E-state index is 12.2. The van der Waals surface area contributed by atoms with Gasteiger partial charge < -0.3 is 14.5 Å². The van der Waals surface area contributed by atoms with E-state index in [-0.39, 0.29) is 11.7 Å². The summed E-state index contributed by atoms with van der Waals surface area (Å²) < 4.78 is 1.76. The quantitative estimate of drug-likeness (QED) is 0.680. The van der Waals surface area contributed by atoms with E-state index in [1.165, 1.54) is 23.7 Å². The van der Waals surface area contributed by atoms with Gasteiger partial charge in [-0.15, -0.1) is 11.3 Å². The molecule has 6 nitrogen and oxygen atoms in total. The van der Waals surface area contributed by atoms with Crippen molar-refractivity contribution in [3.8, 4) is 0 Å². The molecule has 7 heteroatoms. The van der Waals surface area contributed by atoms with Crippen LogP contribution in [-0.2, 0) is 11.4 Å². The van der Waals surface area contributed by atoms with Crippen LogP contribution in [0.15, 0.2) is 22.2 Å². The van der Waals surface area contributed by atoms with Gasteiger partial charge in [0.05, 0.1) is 16.5 Å². The Balaban J connectivity index is 2.56. The highest BCUT2D eigenvalue weighted by Gasteiger charge is 2.16. The molecule has 0 amide bonds. The summed E-state index contributed by atoms with van der Waals surface area (Å²) in [5.41, 5.74) is -0.688. The van der Waals surface area contributed by atoms with Crippen LogP contribution in [-0.4, -0.2) is 28.0 Å². The molecule has 21 heavy (non-hydrogen) atoms. The fourth-order valence-electron chi connectivity index (χ4n) is 1.85. The molecule has 0 saturated heterocycles. The van der Waals surface area contributed by atoms with Crippen molar-refractivity contribution in [1.29, 1.82) is 0 Å². The molecule has 0 atom stereocenters. The van der Waals surface area contributed by atoms with Crippen molar-refractivity contribution >= 4 is 33.7 Å². The number of thiophene rings is 1. The largest absolute Gasteiger partial charge is 0.477 e. The summed E-state index contributed by atoms with van der Waals surface area (Å²) in [7, 11) is 0. The van der Waals surface area contributed by atoms with Crippen molar-refractivity contribution in [2.75, 3.05) is 0 Å². The number of nitrogens with zero attached hydrogens (tertiary/aromatic N) is 2. The molecule has 0 aromatic carbocycles. The minimum Gasteiger partial charge on any atom is -0.477 e. The molecule has 0 aliphatic rings. The van der Waals surface area contributed by atoms with Crippen LogP contribution in [0.4, 0.5) is 0 Å². The van der Waals surface area contributed by atoms with Crippen LogP contribution in [0.5, 0.6) is 0 Å². The molecule has 112 valence electrons. The van der Waals surface area contributed by atoms with Gasteiger partial charge in [0, 0.05) is 12.7 Å². The highest BCUT2D eigenvalue weighted by atomic mass is 32.1. The van der Waals surface area contributed by atoms with Crippen LogP contribution in [0.2, 0.25) is 0 Å². The lowest BCUT2D eigenvalue weighted by Gasteiger charge is -2.05. The Morgan fingerprint density at radius 1 is 1.57 bits per heavy atom. The Kier molecular flexibility index (Phi) is 4.42. The van der Waals surface area contributed by atoms with Gasteiger partial charge in [-0.1, -0.05) is 5.16 Å². The SMILES string of the molecule is CCn1cc(C(=O)O)c(=O)c2cc(/C=N/OC(C)C)sc21. The predicted octanol–water partition coefficient (Wildman–Crippen LogP) is 2.54. The van der Waals surface area contributed by atoms with Crippen LogP contribution >= 0.6 is 11.3 Å². The van der Waals surface area contributed by atoms with E-state index in [9.17, 15) is 9.59 Å². The average Bonchev–Trinajstić information content (AvgIpc) is 2.83. The van der Waals surface area contributed by atoms with E-state index in [0.717, 1.165) is 9.71 Å². The molecule has 2 rings (SSSR count). The predicted molar refractivity (Wildman–Crippen MR) is 82.5 cm³/mol. The van der Waals surface area contributed by atoms with Crippen molar-refractivity contribution in [2.45, 2.75) is 33.4 Å². The van der Waals surface area contributed by atoms with Gasteiger partial charge in [0.1, 0.15) is 16.5 Å². The Morgan fingerprint density at radius 2 is 2.29 bits per heavy atom. The van der Waals surface area contributed by atoms with Gasteiger partial charge in [-0.3, -0.25) is 4.79 Å². The molecule has 0 saturated carbocycles. The molecule has 0 unspecified atom stereocenters. The number of aryl methyl sites for hydroxylation is 1. The van der Waals surface area contributed by atoms with E-state index in [1.54, 1.807) is 10.6 Å².